The van der Waals surface area contributed by atoms with Crippen LogP contribution in [0.5, 0.6) is 5.75 Å². The first-order chi connectivity index (χ1) is 10.8. The van der Waals surface area contributed by atoms with Gasteiger partial charge in [-0.3, -0.25) is 4.79 Å². The fourth-order valence-electron chi connectivity index (χ4n) is 2.02. The number of nitrogens with one attached hydrogen (secondary N) is 1. The van der Waals surface area contributed by atoms with E-state index in [0.717, 1.165) is 4.88 Å². The second-order valence-corrected chi connectivity index (χ2v) is 5.49. The largest absolute Gasteiger partial charge is 0.496 e. The van der Waals surface area contributed by atoms with E-state index in [1.807, 2.05) is 23.6 Å². The maximum Gasteiger partial charge on any atom is 0.255 e. The number of methoxy groups -OCH3 is 1. The number of para-hydroxylation sites is 1. The molecule has 1 amide bonds. The molecule has 1 aromatic heterocycles. The number of rotatable bonds is 8. The molecule has 0 bridgehead atoms. The number of aliphatic hydroxyl groups excluding tert-OH is 1. The summed E-state index contributed by atoms with van der Waals surface area (Å²) in [4.78, 5) is 13.3. The summed E-state index contributed by atoms with van der Waals surface area (Å²) in [6.45, 7) is 0.507. The number of aliphatic hydroxyl groups is 1. The first kappa shape index (κ1) is 16.5. The molecule has 6 heteroatoms. The Bertz CT molecular complexity index is 586. The zero-order chi connectivity index (χ0) is 15.8. The fraction of sp³-hybridized carbons (Fsp3) is 0.312. The molecule has 1 heterocycles. The highest BCUT2D eigenvalue weighted by Crippen LogP contribution is 2.22. The number of thiophene rings is 1. The van der Waals surface area contributed by atoms with Gasteiger partial charge in [0.15, 0.2) is 0 Å². The Hall–Kier alpha value is -1.89. The number of ether oxygens (including phenoxy) is 2. The SMILES string of the molecule is COc1ccccc1C(=O)NC[C@@H](OCCO)c1cccs1. The van der Waals surface area contributed by atoms with Gasteiger partial charge in [0, 0.05) is 11.4 Å². The summed E-state index contributed by atoms with van der Waals surface area (Å²) >= 11 is 1.55. The van der Waals surface area contributed by atoms with Crippen molar-refractivity contribution in [2.45, 2.75) is 6.10 Å². The van der Waals surface area contributed by atoms with Crippen LogP contribution in [0.4, 0.5) is 0 Å². The van der Waals surface area contributed by atoms with Gasteiger partial charge in [-0.15, -0.1) is 11.3 Å². The molecule has 0 aliphatic carbocycles. The highest BCUT2D eigenvalue weighted by Gasteiger charge is 2.17. The van der Waals surface area contributed by atoms with Crippen LogP contribution in [-0.4, -0.2) is 37.9 Å². The Labute approximate surface area is 133 Å². The van der Waals surface area contributed by atoms with Crippen LogP contribution in [0, 0.1) is 0 Å². The van der Waals surface area contributed by atoms with Gasteiger partial charge in [-0.05, 0) is 23.6 Å². The normalized spacial score (nSPS) is 11.9. The number of hydrogen-bond acceptors (Lipinski definition) is 5. The van der Waals surface area contributed by atoms with Crippen LogP contribution in [0.3, 0.4) is 0 Å². The lowest BCUT2D eigenvalue weighted by atomic mass is 10.2. The molecule has 0 aliphatic rings. The van der Waals surface area contributed by atoms with Gasteiger partial charge in [-0.2, -0.15) is 0 Å². The van der Waals surface area contributed by atoms with Crippen LogP contribution >= 0.6 is 11.3 Å². The lowest BCUT2D eigenvalue weighted by Gasteiger charge is -2.17. The molecule has 0 unspecified atom stereocenters. The minimum Gasteiger partial charge on any atom is -0.496 e. The third-order valence-electron chi connectivity index (χ3n) is 3.07. The van der Waals surface area contributed by atoms with E-state index < -0.39 is 0 Å². The average Bonchev–Trinajstić information content (AvgIpc) is 3.09. The van der Waals surface area contributed by atoms with Gasteiger partial charge < -0.3 is 19.9 Å². The Morgan fingerprint density at radius 1 is 1.32 bits per heavy atom. The van der Waals surface area contributed by atoms with Crippen LogP contribution < -0.4 is 10.1 Å². The van der Waals surface area contributed by atoms with Crippen LogP contribution in [0.15, 0.2) is 41.8 Å². The van der Waals surface area contributed by atoms with Crippen LogP contribution in [0.2, 0.25) is 0 Å². The molecule has 0 spiro atoms. The van der Waals surface area contributed by atoms with E-state index in [2.05, 4.69) is 5.32 Å². The van der Waals surface area contributed by atoms with Crippen molar-refractivity contribution in [1.29, 1.82) is 0 Å². The molecule has 0 saturated carbocycles. The van der Waals surface area contributed by atoms with Crippen molar-refractivity contribution in [3.63, 3.8) is 0 Å². The highest BCUT2D eigenvalue weighted by molar-refractivity contribution is 7.10. The summed E-state index contributed by atoms with van der Waals surface area (Å²) < 4.78 is 10.8. The quantitative estimate of drug-likeness (QED) is 0.782. The van der Waals surface area contributed by atoms with Crippen molar-refractivity contribution < 1.29 is 19.4 Å². The molecule has 22 heavy (non-hydrogen) atoms. The van der Waals surface area contributed by atoms with Crippen molar-refractivity contribution in [1.82, 2.24) is 5.32 Å². The van der Waals surface area contributed by atoms with Crippen LogP contribution in [0.1, 0.15) is 21.3 Å². The first-order valence-corrected chi connectivity index (χ1v) is 7.81. The van der Waals surface area contributed by atoms with Gasteiger partial charge in [0.25, 0.3) is 5.91 Å². The molecule has 0 saturated heterocycles. The zero-order valence-corrected chi connectivity index (χ0v) is 13.1. The molecule has 0 aliphatic heterocycles. The maximum absolute atomic E-state index is 12.3. The third-order valence-corrected chi connectivity index (χ3v) is 4.03. The van der Waals surface area contributed by atoms with Crippen molar-refractivity contribution in [2.24, 2.45) is 0 Å². The van der Waals surface area contributed by atoms with E-state index in [0.29, 0.717) is 17.9 Å². The Morgan fingerprint density at radius 3 is 2.82 bits per heavy atom. The number of hydrogen-bond donors (Lipinski definition) is 2. The first-order valence-electron chi connectivity index (χ1n) is 6.93. The number of amides is 1. The fourth-order valence-corrected chi connectivity index (χ4v) is 2.80. The minimum absolute atomic E-state index is 0.0532. The molecule has 0 fully saturated rings. The molecule has 2 aromatic rings. The Kier molecular flexibility index (Phi) is 6.39. The van der Waals surface area contributed by atoms with E-state index in [9.17, 15) is 4.79 Å². The smallest absolute Gasteiger partial charge is 0.255 e. The minimum atomic E-state index is -0.272. The standard InChI is InChI=1S/C16H19NO4S/c1-20-13-6-3-2-5-12(13)16(19)17-11-14(21-9-8-18)15-7-4-10-22-15/h2-7,10,14,18H,8-9,11H2,1H3,(H,17,19)/t14-/m1/s1. The zero-order valence-electron chi connectivity index (χ0n) is 12.3. The maximum atomic E-state index is 12.3. The lowest BCUT2D eigenvalue weighted by Crippen LogP contribution is -2.30. The topological polar surface area (TPSA) is 67.8 Å². The summed E-state index contributed by atoms with van der Waals surface area (Å²) in [5, 5.41) is 13.7. The van der Waals surface area contributed by atoms with Crippen molar-refractivity contribution in [2.75, 3.05) is 26.9 Å². The molecule has 5 nitrogen and oxygen atoms in total. The van der Waals surface area contributed by atoms with Crippen molar-refractivity contribution in [3.8, 4) is 5.75 Å². The van der Waals surface area contributed by atoms with Crippen LogP contribution in [0.25, 0.3) is 0 Å². The Morgan fingerprint density at radius 2 is 2.14 bits per heavy atom. The molecular formula is C16H19NO4S. The molecule has 2 N–H and O–H groups in total. The summed E-state index contributed by atoms with van der Waals surface area (Å²) in [5.74, 6) is 0.315. The van der Waals surface area contributed by atoms with Gasteiger partial charge in [0.2, 0.25) is 0 Å². The molecule has 1 aromatic carbocycles. The van der Waals surface area contributed by atoms with E-state index in [-0.39, 0.29) is 25.2 Å². The van der Waals surface area contributed by atoms with E-state index >= 15 is 0 Å². The van der Waals surface area contributed by atoms with E-state index in [1.54, 1.807) is 29.5 Å². The van der Waals surface area contributed by atoms with Gasteiger partial charge in [-0.1, -0.05) is 18.2 Å². The summed E-state index contributed by atoms with van der Waals surface area (Å²) in [6, 6.07) is 10.9. The van der Waals surface area contributed by atoms with Gasteiger partial charge in [0.05, 0.1) is 25.9 Å². The number of carbonyl (C=O) groups excluding carboxylic acids is 1. The molecule has 0 radical (unpaired) electrons. The second-order valence-electron chi connectivity index (χ2n) is 4.51. The molecule has 2 rings (SSSR count). The predicted octanol–water partition coefficient (Wildman–Crippen LogP) is 2.24. The monoisotopic (exact) mass is 321 g/mol. The Balaban J connectivity index is 2.01. The highest BCUT2D eigenvalue weighted by atomic mass is 32.1. The molecule has 118 valence electrons. The van der Waals surface area contributed by atoms with Crippen molar-refractivity contribution >= 4 is 17.2 Å². The molecule has 1 atom stereocenters. The summed E-state index contributed by atoms with van der Waals surface area (Å²) in [7, 11) is 1.53. The lowest BCUT2D eigenvalue weighted by molar-refractivity contribution is 0.0295. The van der Waals surface area contributed by atoms with Crippen LogP contribution in [-0.2, 0) is 4.74 Å². The van der Waals surface area contributed by atoms with Gasteiger partial charge in [0.1, 0.15) is 11.9 Å². The van der Waals surface area contributed by atoms with E-state index in [4.69, 9.17) is 14.6 Å². The summed E-state index contributed by atoms with van der Waals surface area (Å²) in [6.07, 6.45) is -0.272. The average molecular weight is 321 g/mol. The third kappa shape index (κ3) is 4.30. The number of carbonyl (C=O) groups is 1. The number of benzene rings is 1. The van der Waals surface area contributed by atoms with E-state index in [1.165, 1.54) is 7.11 Å². The van der Waals surface area contributed by atoms with Gasteiger partial charge in [-0.25, -0.2) is 0 Å². The second kappa shape index (κ2) is 8.53. The molecular weight excluding hydrogens is 302 g/mol. The summed E-state index contributed by atoms with van der Waals surface area (Å²) in [5.41, 5.74) is 0.483. The predicted molar refractivity (Wildman–Crippen MR) is 85.4 cm³/mol. The van der Waals surface area contributed by atoms with Crippen molar-refractivity contribution in [3.05, 3.63) is 52.2 Å². The van der Waals surface area contributed by atoms with Gasteiger partial charge >= 0.3 is 0 Å².